The Bertz CT molecular complexity index is 673. The van der Waals surface area contributed by atoms with E-state index in [4.69, 9.17) is 26.2 Å². The highest BCUT2D eigenvalue weighted by Crippen LogP contribution is 2.24. The Hall–Kier alpha value is -2.27. The summed E-state index contributed by atoms with van der Waals surface area (Å²) in [5, 5.41) is 8.97. The summed E-state index contributed by atoms with van der Waals surface area (Å²) < 4.78 is 23.5. The Balaban J connectivity index is 2.13. The number of aromatic carboxylic acids is 1. The molecule has 0 fully saturated rings. The molecule has 0 aliphatic heterocycles. The molecule has 2 rings (SSSR count). The first kappa shape index (κ1) is 15.1. The minimum Gasteiger partial charge on any atom is -0.496 e. The summed E-state index contributed by atoms with van der Waals surface area (Å²) in [7, 11) is 1.39. The van der Waals surface area contributed by atoms with Crippen LogP contribution in [0.4, 0.5) is 4.39 Å². The van der Waals surface area contributed by atoms with Crippen LogP contribution in [-0.4, -0.2) is 18.2 Å². The van der Waals surface area contributed by atoms with E-state index in [-0.39, 0.29) is 22.9 Å². The van der Waals surface area contributed by atoms with Crippen LogP contribution < -0.4 is 9.47 Å². The number of ether oxygens (including phenoxy) is 2. The van der Waals surface area contributed by atoms with Crippen molar-refractivity contribution in [3.05, 3.63) is 58.4 Å². The van der Waals surface area contributed by atoms with Crippen molar-refractivity contribution in [3.63, 3.8) is 0 Å². The van der Waals surface area contributed by atoms with Gasteiger partial charge >= 0.3 is 5.97 Å². The molecule has 0 bridgehead atoms. The van der Waals surface area contributed by atoms with Crippen molar-refractivity contribution in [2.24, 2.45) is 0 Å². The largest absolute Gasteiger partial charge is 0.496 e. The van der Waals surface area contributed by atoms with Gasteiger partial charge in [-0.25, -0.2) is 9.18 Å². The topological polar surface area (TPSA) is 55.8 Å². The summed E-state index contributed by atoms with van der Waals surface area (Å²) in [6.07, 6.45) is 0. The number of hydrogen-bond donors (Lipinski definition) is 1. The molecule has 21 heavy (non-hydrogen) atoms. The Labute approximate surface area is 125 Å². The monoisotopic (exact) mass is 310 g/mol. The predicted molar refractivity (Wildman–Crippen MR) is 75.7 cm³/mol. The molecule has 0 heterocycles. The molecule has 0 unspecified atom stereocenters. The lowest BCUT2D eigenvalue weighted by Gasteiger charge is -2.10. The second-order valence-electron chi connectivity index (χ2n) is 4.20. The highest BCUT2D eigenvalue weighted by molar-refractivity contribution is 6.30. The van der Waals surface area contributed by atoms with Gasteiger partial charge in [0, 0.05) is 6.07 Å². The Morgan fingerprint density at radius 2 is 2.05 bits per heavy atom. The second-order valence-corrected chi connectivity index (χ2v) is 4.61. The quantitative estimate of drug-likeness (QED) is 0.913. The highest BCUT2D eigenvalue weighted by Gasteiger charge is 2.11. The molecule has 0 atom stereocenters. The summed E-state index contributed by atoms with van der Waals surface area (Å²) in [5.41, 5.74) is 0.795. The van der Waals surface area contributed by atoms with Crippen LogP contribution in [0.5, 0.6) is 11.5 Å². The summed E-state index contributed by atoms with van der Waals surface area (Å²) in [4.78, 5) is 11.0. The molecule has 0 aliphatic carbocycles. The van der Waals surface area contributed by atoms with Crippen molar-refractivity contribution in [3.8, 4) is 11.5 Å². The average Bonchev–Trinajstić information content (AvgIpc) is 2.48. The molecule has 6 heteroatoms. The maximum atomic E-state index is 13.0. The highest BCUT2D eigenvalue weighted by atomic mass is 35.5. The number of carboxylic acids is 1. The number of benzene rings is 2. The first-order chi connectivity index (χ1) is 10.0. The van der Waals surface area contributed by atoms with Crippen LogP contribution in [-0.2, 0) is 6.61 Å². The lowest BCUT2D eigenvalue weighted by molar-refractivity contribution is 0.0693. The molecule has 1 N–H and O–H groups in total. The summed E-state index contributed by atoms with van der Waals surface area (Å²) in [6.45, 7) is 0.179. The van der Waals surface area contributed by atoms with Crippen molar-refractivity contribution < 1.29 is 23.8 Å². The minimum absolute atomic E-state index is 0.0219. The van der Waals surface area contributed by atoms with Gasteiger partial charge < -0.3 is 14.6 Å². The molecule has 0 spiro atoms. The van der Waals surface area contributed by atoms with Gasteiger partial charge in [-0.1, -0.05) is 17.7 Å². The van der Waals surface area contributed by atoms with Crippen molar-refractivity contribution in [2.75, 3.05) is 7.11 Å². The zero-order chi connectivity index (χ0) is 15.4. The van der Waals surface area contributed by atoms with E-state index >= 15 is 0 Å². The molecule has 2 aromatic carbocycles. The number of methoxy groups -OCH3 is 1. The van der Waals surface area contributed by atoms with E-state index in [2.05, 4.69) is 0 Å². The van der Waals surface area contributed by atoms with Crippen LogP contribution in [0.1, 0.15) is 15.9 Å². The van der Waals surface area contributed by atoms with Crippen molar-refractivity contribution in [2.45, 2.75) is 6.61 Å². The smallest absolute Gasteiger partial charge is 0.339 e. The van der Waals surface area contributed by atoms with Gasteiger partial charge in [0.2, 0.25) is 0 Å². The maximum absolute atomic E-state index is 13.0. The van der Waals surface area contributed by atoms with E-state index in [9.17, 15) is 9.18 Å². The fourth-order valence-electron chi connectivity index (χ4n) is 1.74. The zero-order valence-electron chi connectivity index (χ0n) is 11.1. The molecule has 4 nitrogen and oxygen atoms in total. The first-order valence-corrected chi connectivity index (χ1v) is 6.37. The van der Waals surface area contributed by atoms with E-state index in [0.717, 1.165) is 5.56 Å². The molecule has 0 saturated heterocycles. The van der Waals surface area contributed by atoms with Crippen LogP contribution >= 0.6 is 11.6 Å². The van der Waals surface area contributed by atoms with Gasteiger partial charge in [-0.3, -0.25) is 0 Å². The molecule has 2 aromatic rings. The molecule has 0 radical (unpaired) electrons. The van der Waals surface area contributed by atoms with Gasteiger partial charge in [0.1, 0.15) is 29.5 Å². The van der Waals surface area contributed by atoms with Crippen LogP contribution in [0.2, 0.25) is 5.02 Å². The fraction of sp³-hybridized carbons (Fsp3) is 0.133. The molecular weight excluding hydrogens is 299 g/mol. The lowest BCUT2D eigenvalue weighted by Crippen LogP contribution is -2.02. The van der Waals surface area contributed by atoms with Gasteiger partial charge in [-0.2, -0.15) is 0 Å². The number of hydrogen-bond acceptors (Lipinski definition) is 3. The van der Waals surface area contributed by atoms with Gasteiger partial charge in [-0.05, 0) is 29.8 Å². The van der Waals surface area contributed by atoms with Crippen LogP contribution in [0, 0.1) is 5.82 Å². The number of halogens is 2. The third kappa shape index (κ3) is 3.64. The van der Waals surface area contributed by atoms with Gasteiger partial charge in [0.05, 0.1) is 12.1 Å². The third-order valence-corrected chi connectivity index (χ3v) is 3.08. The second kappa shape index (κ2) is 6.45. The minimum atomic E-state index is -1.07. The van der Waals surface area contributed by atoms with Crippen molar-refractivity contribution >= 4 is 17.6 Å². The standard InChI is InChI=1S/C15H12ClFO4/c1-20-14-6-9(2-4-11(14)15(18)19)8-21-10-3-5-13(17)12(16)7-10/h2-7H,8H2,1H3,(H,18,19). The zero-order valence-corrected chi connectivity index (χ0v) is 11.9. The van der Waals surface area contributed by atoms with E-state index in [1.165, 1.54) is 31.4 Å². The predicted octanol–water partition coefficient (Wildman–Crippen LogP) is 3.76. The van der Waals surface area contributed by atoms with Gasteiger partial charge in [0.15, 0.2) is 0 Å². The molecule has 0 saturated carbocycles. The fourth-order valence-corrected chi connectivity index (χ4v) is 1.91. The number of rotatable bonds is 5. The molecule has 0 amide bonds. The summed E-state index contributed by atoms with van der Waals surface area (Å²) in [5.74, 6) is -0.912. The van der Waals surface area contributed by atoms with E-state index in [0.29, 0.717) is 5.75 Å². The first-order valence-electron chi connectivity index (χ1n) is 5.99. The summed E-state index contributed by atoms with van der Waals surface area (Å²) in [6, 6.07) is 8.69. The average molecular weight is 311 g/mol. The van der Waals surface area contributed by atoms with Crippen LogP contribution in [0.15, 0.2) is 36.4 Å². The number of carbonyl (C=O) groups is 1. The molecular formula is C15H12ClFO4. The van der Waals surface area contributed by atoms with E-state index in [1.54, 1.807) is 12.1 Å². The Morgan fingerprint density at radius 3 is 2.67 bits per heavy atom. The molecule has 0 aromatic heterocycles. The van der Waals surface area contributed by atoms with Crippen LogP contribution in [0.3, 0.4) is 0 Å². The van der Waals surface area contributed by atoms with E-state index < -0.39 is 11.8 Å². The molecule has 0 aliphatic rings. The van der Waals surface area contributed by atoms with Gasteiger partial charge in [0.25, 0.3) is 0 Å². The Kier molecular flexibility index (Phi) is 4.65. The normalized spacial score (nSPS) is 10.2. The molecule has 110 valence electrons. The lowest BCUT2D eigenvalue weighted by atomic mass is 10.1. The van der Waals surface area contributed by atoms with E-state index in [1.807, 2.05) is 0 Å². The Morgan fingerprint density at radius 1 is 1.29 bits per heavy atom. The van der Waals surface area contributed by atoms with Crippen molar-refractivity contribution in [1.82, 2.24) is 0 Å². The van der Waals surface area contributed by atoms with Crippen molar-refractivity contribution in [1.29, 1.82) is 0 Å². The van der Waals surface area contributed by atoms with Gasteiger partial charge in [-0.15, -0.1) is 0 Å². The SMILES string of the molecule is COc1cc(COc2ccc(F)c(Cl)c2)ccc1C(=O)O. The third-order valence-electron chi connectivity index (χ3n) is 2.79. The maximum Gasteiger partial charge on any atom is 0.339 e. The number of carboxylic acid groups (broad SMARTS) is 1. The summed E-state index contributed by atoms with van der Waals surface area (Å²) >= 11 is 5.66. The van der Waals surface area contributed by atoms with Crippen LogP contribution in [0.25, 0.3) is 0 Å².